The minimum atomic E-state index is -0.757. The Morgan fingerprint density at radius 2 is 1.42 bits per heavy atom. The van der Waals surface area contributed by atoms with Gasteiger partial charge in [0.05, 0.1) is 29.9 Å². The number of aliphatic hydroxyl groups excluding tert-OH is 1. The van der Waals surface area contributed by atoms with E-state index >= 15 is 0 Å². The Balaban J connectivity index is 1.12. The molecule has 0 radical (unpaired) electrons. The van der Waals surface area contributed by atoms with Crippen molar-refractivity contribution in [2.45, 2.75) is 42.5 Å². The van der Waals surface area contributed by atoms with Crippen LogP contribution >= 0.6 is 11.8 Å². The van der Waals surface area contributed by atoms with Crippen molar-refractivity contribution < 1.29 is 33.7 Å². The average Bonchev–Trinajstić information content (AvgIpc) is 3.45. The number of esters is 2. The van der Waals surface area contributed by atoms with Gasteiger partial charge in [0, 0.05) is 39.9 Å². The van der Waals surface area contributed by atoms with Crippen molar-refractivity contribution in [2.24, 2.45) is 0 Å². The molecule has 0 bridgehead atoms. The summed E-state index contributed by atoms with van der Waals surface area (Å²) in [4.78, 5) is 37.6. The number of nitrogens with one attached hydrogen (secondary N) is 1. The summed E-state index contributed by atoms with van der Waals surface area (Å²) < 4.78 is 18.2. The molecule has 0 saturated carbocycles. The van der Waals surface area contributed by atoms with Gasteiger partial charge in [-0.05, 0) is 52.6 Å². The molecule has 4 unspecified atom stereocenters. The van der Waals surface area contributed by atoms with Crippen molar-refractivity contribution in [3.63, 3.8) is 0 Å². The molecule has 2 aliphatic rings. The Morgan fingerprint density at radius 1 is 0.740 bits per heavy atom. The lowest BCUT2D eigenvalue weighted by Gasteiger charge is -2.43. The highest BCUT2D eigenvalue weighted by atomic mass is 32.2. The van der Waals surface area contributed by atoms with Gasteiger partial charge in [0.1, 0.15) is 0 Å². The number of nitrogen functional groups attached to an aromatic ring is 1. The number of cyclic esters (lactones) is 2. The molecule has 4 atom stereocenters. The first-order valence-corrected chi connectivity index (χ1v) is 17.2. The van der Waals surface area contributed by atoms with Crippen molar-refractivity contribution in [3.05, 3.63) is 166 Å². The summed E-state index contributed by atoms with van der Waals surface area (Å²) in [6.45, 7) is 0.187. The van der Waals surface area contributed by atoms with Gasteiger partial charge in [0.25, 0.3) is 5.91 Å². The number of rotatable bonds is 10. The number of carbonyl (C=O) groups excluding carboxylic acids is 3. The number of ether oxygens (including phenoxy) is 3. The first-order chi connectivity index (χ1) is 24.4. The molecule has 10 heteroatoms. The molecule has 0 aromatic heterocycles. The molecule has 5 aromatic rings. The summed E-state index contributed by atoms with van der Waals surface area (Å²) in [5, 5.41) is 12.6. The van der Waals surface area contributed by atoms with Crippen molar-refractivity contribution in [1.29, 1.82) is 0 Å². The Labute approximate surface area is 293 Å². The van der Waals surface area contributed by atoms with Crippen LogP contribution in [0.25, 0.3) is 0 Å². The van der Waals surface area contributed by atoms with E-state index in [-0.39, 0.29) is 53.9 Å². The quantitative estimate of drug-likeness (QED) is 0.0632. The van der Waals surface area contributed by atoms with Gasteiger partial charge >= 0.3 is 11.9 Å². The van der Waals surface area contributed by atoms with Crippen molar-refractivity contribution in [3.8, 4) is 0 Å². The van der Waals surface area contributed by atoms with Gasteiger partial charge in [-0.25, -0.2) is 9.59 Å². The second kappa shape index (κ2) is 14.7. The third-order valence-corrected chi connectivity index (χ3v) is 10.1. The van der Waals surface area contributed by atoms with Crippen LogP contribution in [0.1, 0.15) is 77.2 Å². The second-order valence-corrected chi connectivity index (χ2v) is 13.2. The van der Waals surface area contributed by atoms with Crippen LogP contribution < -0.4 is 11.1 Å². The first-order valence-electron chi connectivity index (χ1n) is 16.2. The zero-order valence-corrected chi connectivity index (χ0v) is 27.7. The summed E-state index contributed by atoms with van der Waals surface area (Å²) in [6, 6.07) is 37.8. The lowest BCUT2D eigenvalue weighted by atomic mass is 9.84. The molecule has 5 aromatic carbocycles. The van der Waals surface area contributed by atoms with Gasteiger partial charge in [-0.2, -0.15) is 0 Å². The molecule has 1 fully saturated rings. The number of aliphatic hydroxyl groups is 1. The van der Waals surface area contributed by atoms with Crippen LogP contribution in [-0.2, 0) is 27.4 Å². The monoisotopic (exact) mass is 686 g/mol. The van der Waals surface area contributed by atoms with Crippen LogP contribution in [0.5, 0.6) is 0 Å². The molecular weight excluding hydrogens is 653 g/mol. The predicted molar refractivity (Wildman–Crippen MR) is 188 cm³/mol. The summed E-state index contributed by atoms with van der Waals surface area (Å²) in [5.74, 6) is -1.37. The van der Waals surface area contributed by atoms with E-state index in [1.54, 1.807) is 11.8 Å². The Hall–Kier alpha value is -5.26. The number of anilines is 1. The van der Waals surface area contributed by atoms with Crippen molar-refractivity contribution in [1.82, 2.24) is 5.32 Å². The minimum Gasteiger partial charge on any atom is -0.398 e. The number of carbonyl (C=O) groups is 3. The zero-order chi connectivity index (χ0) is 34.6. The predicted octanol–water partition coefficient (Wildman–Crippen LogP) is 6.73. The van der Waals surface area contributed by atoms with Gasteiger partial charge in [-0.3, -0.25) is 4.79 Å². The Morgan fingerprint density at radius 3 is 2.16 bits per heavy atom. The van der Waals surface area contributed by atoms with E-state index in [2.05, 4.69) is 22.2 Å². The number of hydrogen-bond donors (Lipinski definition) is 3. The number of amides is 1. The molecule has 252 valence electrons. The standard InChI is InChI=1S/C40H34N2O7S/c41-32-8-4-5-9-34(32)50-23-33-35(26-6-2-1-3-7-26)36(27-14-12-25(22-43)13-15-27)48-40(47-33)28-16-10-24(11-17-28)21-42-37(44)29-18-19-30-31(20-29)39(46)49-38(30)45/h1-20,33,35-36,40,43H,21-23,41H2,(H,42,44). The lowest BCUT2D eigenvalue weighted by molar-refractivity contribution is -0.255. The molecule has 0 aliphatic carbocycles. The van der Waals surface area contributed by atoms with Crippen LogP contribution in [0.4, 0.5) is 5.69 Å². The van der Waals surface area contributed by atoms with Gasteiger partial charge in [0.15, 0.2) is 6.29 Å². The molecule has 4 N–H and O–H groups in total. The molecule has 50 heavy (non-hydrogen) atoms. The smallest absolute Gasteiger partial charge is 0.346 e. The summed E-state index contributed by atoms with van der Waals surface area (Å²) in [7, 11) is 0. The maximum Gasteiger partial charge on any atom is 0.346 e. The fourth-order valence-electron chi connectivity index (χ4n) is 6.24. The van der Waals surface area contributed by atoms with E-state index in [4.69, 9.17) is 15.2 Å². The molecule has 7 rings (SSSR count). The normalized spacial score (nSPS) is 19.9. The second-order valence-electron chi connectivity index (χ2n) is 12.1. The highest BCUT2D eigenvalue weighted by Gasteiger charge is 2.42. The van der Waals surface area contributed by atoms with Gasteiger partial charge < -0.3 is 30.4 Å². The van der Waals surface area contributed by atoms with Gasteiger partial charge in [-0.1, -0.05) is 91.0 Å². The van der Waals surface area contributed by atoms with Crippen LogP contribution in [-0.4, -0.2) is 34.8 Å². The maximum absolute atomic E-state index is 12.9. The highest BCUT2D eigenvalue weighted by molar-refractivity contribution is 7.99. The van der Waals surface area contributed by atoms with E-state index in [0.717, 1.165) is 32.7 Å². The summed E-state index contributed by atoms with van der Waals surface area (Å²) in [6.07, 6.45) is -1.31. The SMILES string of the molecule is Nc1ccccc1SCC1OC(c2ccc(CNC(=O)c3ccc4c(c3)C(=O)OC4=O)cc2)OC(c2ccc(CO)cc2)C1c1ccccc1. The fraction of sp³-hybridized carbons (Fsp3) is 0.175. The molecule has 2 heterocycles. The molecule has 1 saturated heterocycles. The van der Waals surface area contributed by atoms with Crippen LogP contribution in [0.15, 0.2) is 126 Å². The Bertz CT molecular complexity index is 2020. The minimum absolute atomic E-state index is 0.0484. The third kappa shape index (κ3) is 7.05. The third-order valence-electron chi connectivity index (χ3n) is 8.90. The fourth-order valence-corrected chi connectivity index (χ4v) is 7.28. The van der Waals surface area contributed by atoms with E-state index in [0.29, 0.717) is 11.4 Å². The first kappa shape index (κ1) is 33.2. The number of benzene rings is 5. The van der Waals surface area contributed by atoms with E-state index in [1.165, 1.54) is 18.2 Å². The number of nitrogens with two attached hydrogens (primary N) is 1. The van der Waals surface area contributed by atoms with E-state index in [1.807, 2.05) is 91.0 Å². The van der Waals surface area contributed by atoms with Crippen molar-refractivity contribution in [2.75, 3.05) is 11.5 Å². The number of hydrogen-bond acceptors (Lipinski definition) is 9. The summed E-state index contributed by atoms with van der Waals surface area (Å²) >= 11 is 1.65. The van der Waals surface area contributed by atoms with Crippen LogP contribution in [0.2, 0.25) is 0 Å². The van der Waals surface area contributed by atoms with Crippen molar-refractivity contribution >= 4 is 35.3 Å². The Kier molecular flexibility index (Phi) is 9.77. The molecule has 9 nitrogen and oxygen atoms in total. The van der Waals surface area contributed by atoms with E-state index < -0.39 is 18.2 Å². The number of para-hydroxylation sites is 1. The number of fused-ring (bicyclic) bond motifs is 1. The molecule has 1 amide bonds. The maximum atomic E-state index is 12.9. The van der Waals surface area contributed by atoms with Gasteiger partial charge in [0.2, 0.25) is 0 Å². The molecular formula is C40H34N2O7S. The van der Waals surface area contributed by atoms with Gasteiger partial charge in [-0.15, -0.1) is 11.8 Å². The van der Waals surface area contributed by atoms with Crippen LogP contribution in [0, 0.1) is 0 Å². The number of thioether (sulfide) groups is 1. The summed E-state index contributed by atoms with van der Waals surface area (Å²) in [5.41, 5.74) is 12.1. The molecule has 2 aliphatic heterocycles. The van der Waals surface area contributed by atoms with E-state index in [9.17, 15) is 19.5 Å². The largest absolute Gasteiger partial charge is 0.398 e. The highest BCUT2D eigenvalue weighted by Crippen LogP contribution is 2.48. The zero-order valence-electron chi connectivity index (χ0n) is 26.9. The topological polar surface area (TPSA) is 137 Å². The lowest BCUT2D eigenvalue weighted by Crippen LogP contribution is -2.38. The average molecular weight is 687 g/mol. The molecule has 0 spiro atoms. The van der Waals surface area contributed by atoms with Crippen LogP contribution in [0.3, 0.4) is 0 Å².